The highest BCUT2D eigenvalue weighted by Gasteiger charge is 2.26. The monoisotopic (exact) mass is 285 g/mol. The van der Waals surface area contributed by atoms with Crippen LogP contribution >= 0.6 is 0 Å². The van der Waals surface area contributed by atoms with E-state index in [2.05, 4.69) is 5.32 Å². The van der Waals surface area contributed by atoms with E-state index in [4.69, 9.17) is 0 Å². The molecule has 0 aliphatic heterocycles. The Balaban J connectivity index is 4.65. The van der Waals surface area contributed by atoms with E-state index in [-0.39, 0.29) is 11.8 Å². The van der Waals surface area contributed by atoms with E-state index in [1.54, 1.807) is 6.92 Å². The lowest BCUT2D eigenvalue weighted by Gasteiger charge is -2.23. The lowest BCUT2D eigenvalue weighted by Crippen LogP contribution is -2.43. The fraction of sp³-hybridized carbons (Fsp3) is 1.00. The van der Waals surface area contributed by atoms with Crippen LogP contribution < -0.4 is 5.32 Å². The van der Waals surface area contributed by atoms with Crippen molar-refractivity contribution >= 4 is 19.7 Å². The Morgan fingerprint density at radius 3 is 2.00 bits per heavy atom. The van der Waals surface area contributed by atoms with Crippen molar-refractivity contribution in [2.45, 2.75) is 38.0 Å². The highest BCUT2D eigenvalue weighted by atomic mass is 32.2. The number of hydrogen-bond donors (Lipinski definition) is 1. The predicted octanol–water partition coefficient (Wildman–Crippen LogP) is 0.222. The molecule has 5 nitrogen and oxygen atoms in total. The summed E-state index contributed by atoms with van der Waals surface area (Å²) in [7, 11) is -6.22. The summed E-state index contributed by atoms with van der Waals surface area (Å²) in [6.07, 6.45) is 3.55. The summed E-state index contributed by atoms with van der Waals surface area (Å²) >= 11 is 0. The zero-order chi connectivity index (χ0) is 13.7. The van der Waals surface area contributed by atoms with Crippen molar-refractivity contribution in [2.75, 3.05) is 24.8 Å². The largest absolute Gasteiger partial charge is 0.313 e. The van der Waals surface area contributed by atoms with Gasteiger partial charge in [0.05, 0.1) is 11.0 Å². The van der Waals surface area contributed by atoms with E-state index in [0.717, 1.165) is 12.7 Å². The van der Waals surface area contributed by atoms with Gasteiger partial charge in [-0.3, -0.25) is 0 Å². The second-order valence-electron chi connectivity index (χ2n) is 4.51. The minimum absolute atomic E-state index is 0.00818. The molecule has 0 aromatic rings. The third-order valence-corrected chi connectivity index (χ3v) is 5.35. The maximum atomic E-state index is 11.5. The van der Waals surface area contributed by atoms with Crippen LogP contribution in [0.2, 0.25) is 0 Å². The van der Waals surface area contributed by atoms with Crippen LogP contribution in [-0.2, 0) is 19.7 Å². The molecule has 2 unspecified atom stereocenters. The Labute approximate surface area is 105 Å². The fourth-order valence-electron chi connectivity index (χ4n) is 1.47. The van der Waals surface area contributed by atoms with Gasteiger partial charge < -0.3 is 5.32 Å². The summed E-state index contributed by atoms with van der Waals surface area (Å²) in [5.74, 6) is 0.00818. The van der Waals surface area contributed by atoms with Gasteiger partial charge in [-0.05, 0) is 26.3 Å². The molecular formula is C10H23NO4S2. The Bertz CT molecular complexity index is 414. The zero-order valence-electron chi connectivity index (χ0n) is 10.9. The van der Waals surface area contributed by atoms with Gasteiger partial charge in [-0.15, -0.1) is 0 Å². The summed E-state index contributed by atoms with van der Waals surface area (Å²) < 4.78 is 45.2. The third kappa shape index (κ3) is 7.72. The van der Waals surface area contributed by atoms with Gasteiger partial charge in [0, 0.05) is 18.6 Å². The lowest BCUT2D eigenvalue weighted by molar-refractivity contribution is 0.472. The standard InChI is InChI=1S/C10H23NO4S2/c1-5-7-11-10(6-8-16(3,12)13)9(2)17(4,14)15/h9-11H,5-8H2,1-4H3. The Morgan fingerprint density at radius 1 is 1.12 bits per heavy atom. The molecule has 0 aromatic carbocycles. The lowest BCUT2D eigenvalue weighted by atomic mass is 10.1. The molecule has 0 aliphatic carbocycles. The molecule has 0 bridgehead atoms. The van der Waals surface area contributed by atoms with Gasteiger partial charge in [-0.25, -0.2) is 16.8 Å². The van der Waals surface area contributed by atoms with E-state index >= 15 is 0 Å². The van der Waals surface area contributed by atoms with Crippen molar-refractivity contribution in [1.29, 1.82) is 0 Å². The summed E-state index contributed by atoms with van der Waals surface area (Å²) in [5, 5.41) is 2.53. The first-order chi connectivity index (χ1) is 7.58. The molecule has 2 atom stereocenters. The molecule has 7 heteroatoms. The molecule has 0 saturated carbocycles. The topological polar surface area (TPSA) is 80.3 Å². The molecule has 0 saturated heterocycles. The molecule has 0 aliphatic rings. The average Bonchev–Trinajstić information content (AvgIpc) is 2.14. The minimum atomic E-state index is -3.16. The van der Waals surface area contributed by atoms with Crippen molar-refractivity contribution in [3.63, 3.8) is 0 Å². The fourth-order valence-corrected chi connectivity index (χ4v) is 2.98. The first kappa shape index (κ1) is 16.9. The quantitative estimate of drug-likeness (QED) is 0.690. The highest BCUT2D eigenvalue weighted by molar-refractivity contribution is 7.91. The third-order valence-electron chi connectivity index (χ3n) is 2.70. The molecule has 104 valence electrons. The van der Waals surface area contributed by atoms with Crippen molar-refractivity contribution < 1.29 is 16.8 Å². The van der Waals surface area contributed by atoms with Crippen molar-refractivity contribution in [3.05, 3.63) is 0 Å². The molecule has 0 spiro atoms. The van der Waals surface area contributed by atoms with Gasteiger partial charge in [0.2, 0.25) is 0 Å². The van der Waals surface area contributed by atoms with E-state index in [9.17, 15) is 16.8 Å². The Hall–Kier alpha value is -0.140. The highest BCUT2D eigenvalue weighted by Crippen LogP contribution is 2.09. The molecule has 0 heterocycles. The maximum absolute atomic E-state index is 11.5. The first-order valence-corrected chi connectivity index (χ1v) is 9.69. The number of rotatable bonds is 8. The van der Waals surface area contributed by atoms with Crippen LogP contribution in [0.1, 0.15) is 26.7 Å². The first-order valence-electron chi connectivity index (χ1n) is 5.68. The normalized spacial score (nSPS) is 16.7. The number of nitrogens with one attached hydrogen (secondary N) is 1. The zero-order valence-corrected chi connectivity index (χ0v) is 12.6. The molecule has 0 amide bonds. The van der Waals surface area contributed by atoms with Gasteiger partial charge in [0.15, 0.2) is 9.84 Å². The van der Waals surface area contributed by atoms with Crippen LogP contribution in [0.5, 0.6) is 0 Å². The molecule has 0 rings (SSSR count). The van der Waals surface area contributed by atoms with Crippen molar-refractivity contribution in [1.82, 2.24) is 5.32 Å². The second kappa shape index (κ2) is 6.70. The average molecular weight is 285 g/mol. The molecule has 0 fully saturated rings. The molecule has 1 N–H and O–H groups in total. The number of hydrogen-bond acceptors (Lipinski definition) is 5. The van der Waals surface area contributed by atoms with E-state index < -0.39 is 24.9 Å². The summed E-state index contributed by atoms with van der Waals surface area (Å²) in [5.41, 5.74) is 0. The molecule has 17 heavy (non-hydrogen) atoms. The van der Waals surface area contributed by atoms with Crippen LogP contribution in [-0.4, -0.2) is 52.9 Å². The smallest absolute Gasteiger partial charge is 0.151 e. The van der Waals surface area contributed by atoms with Crippen LogP contribution in [0.4, 0.5) is 0 Å². The van der Waals surface area contributed by atoms with Crippen LogP contribution in [0.3, 0.4) is 0 Å². The van der Waals surface area contributed by atoms with Crippen LogP contribution in [0.25, 0.3) is 0 Å². The van der Waals surface area contributed by atoms with Gasteiger partial charge >= 0.3 is 0 Å². The van der Waals surface area contributed by atoms with Gasteiger partial charge in [-0.1, -0.05) is 6.92 Å². The summed E-state index contributed by atoms with van der Waals surface area (Å²) in [6.45, 7) is 4.28. The van der Waals surface area contributed by atoms with Gasteiger partial charge in [0.25, 0.3) is 0 Å². The predicted molar refractivity (Wildman–Crippen MR) is 70.7 cm³/mol. The Morgan fingerprint density at radius 2 is 1.65 bits per heavy atom. The van der Waals surface area contributed by atoms with Crippen molar-refractivity contribution in [3.8, 4) is 0 Å². The van der Waals surface area contributed by atoms with E-state index in [1.165, 1.54) is 6.26 Å². The van der Waals surface area contributed by atoms with E-state index in [0.29, 0.717) is 13.0 Å². The van der Waals surface area contributed by atoms with Gasteiger partial charge in [-0.2, -0.15) is 0 Å². The minimum Gasteiger partial charge on any atom is -0.313 e. The molecular weight excluding hydrogens is 262 g/mol. The maximum Gasteiger partial charge on any atom is 0.151 e. The van der Waals surface area contributed by atoms with Crippen LogP contribution in [0, 0.1) is 0 Å². The van der Waals surface area contributed by atoms with E-state index in [1.807, 2.05) is 6.92 Å². The molecule has 0 radical (unpaired) electrons. The van der Waals surface area contributed by atoms with Crippen molar-refractivity contribution in [2.24, 2.45) is 0 Å². The number of sulfone groups is 2. The van der Waals surface area contributed by atoms with Gasteiger partial charge in [0.1, 0.15) is 9.84 Å². The molecule has 0 aromatic heterocycles. The van der Waals surface area contributed by atoms with Crippen LogP contribution in [0.15, 0.2) is 0 Å². The Kier molecular flexibility index (Phi) is 6.65. The second-order valence-corrected chi connectivity index (χ2v) is 9.18. The summed E-state index contributed by atoms with van der Waals surface area (Å²) in [6, 6.07) is -0.306. The SMILES string of the molecule is CCCNC(CCS(C)(=O)=O)C(C)S(C)(=O)=O. The summed E-state index contributed by atoms with van der Waals surface area (Å²) in [4.78, 5) is 0.